The predicted octanol–water partition coefficient (Wildman–Crippen LogP) is 3.23. The maximum absolute atomic E-state index is 11.9. The maximum Gasteiger partial charge on any atom is 0.329 e. The normalized spacial score (nSPS) is 11.2. The number of rotatable bonds is 6. The van der Waals surface area contributed by atoms with Crippen LogP contribution in [0.15, 0.2) is 65.8 Å². The van der Waals surface area contributed by atoms with Crippen molar-refractivity contribution in [3.05, 3.63) is 66.2 Å². The maximum atomic E-state index is 11.9. The zero-order chi connectivity index (χ0) is 18.8. The van der Waals surface area contributed by atoms with Crippen molar-refractivity contribution in [1.29, 1.82) is 0 Å². The van der Waals surface area contributed by atoms with Crippen LogP contribution in [0.1, 0.15) is 19.4 Å². The molecule has 0 aliphatic rings. The average Bonchev–Trinajstić information content (AvgIpc) is 2.67. The zero-order valence-corrected chi connectivity index (χ0v) is 14.7. The van der Waals surface area contributed by atoms with Crippen molar-refractivity contribution in [3.8, 4) is 5.75 Å². The van der Waals surface area contributed by atoms with Gasteiger partial charge in [0, 0.05) is 5.69 Å². The molecule has 2 rings (SSSR count). The largest absolute Gasteiger partial charge is 0.494 e. The Morgan fingerprint density at radius 2 is 1.73 bits per heavy atom. The summed E-state index contributed by atoms with van der Waals surface area (Å²) in [6.07, 6.45) is 3.62. The van der Waals surface area contributed by atoms with Crippen molar-refractivity contribution in [2.45, 2.75) is 13.8 Å². The van der Waals surface area contributed by atoms with Crippen LogP contribution in [0.5, 0.6) is 5.75 Å². The van der Waals surface area contributed by atoms with Crippen molar-refractivity contribution in [2.24, 2.45) is 5.10 Å². The third kappa shape index (κ3) is 6.24. The summed E-state index contributed by atoms with van der Waals surface area (Å²) in [4.78, 5) is 23.7. The van der Waals surface area contributed by atoms with E-state index in [4.69, 9.17) is 4.74 Å². The van der Waals surface area contributed by atoms with Gasteiger partial charge < -0.3 is 10.1 Å². The summed E-state index contributed by atoms with van der Waals surface area (Å²) >= 11 is 0. The van der Waals surface area contributed by atoms with Gasteiger partial charge in [0.15, 0.2) is 0 Å². The summed E-state index contributed by atoms with van der Waals surface area (Å²) in [5.74, 6) is -0.940. The molecule has 6 heteroatoms. The van der Waals surface area contributed by atoms with Crippen LogP contribution >= 0.6 is 0 Å². The highest BCUT2D eigenvalue weighted by Crippen LogP contribution is 2.15. The Morgan fingerprint density at radius 3 is 2.38 bits per heavy atom. The van der Waals surface area contributed by atoms with Gasteiger partial charge in [-0.2, -0.15) is 5.10 Å². The van der Waals surface area contributed by atoms with E-state index in [1.165, 1.54) is 0 Å². The first-order valence-corrected chi connectivity index (χ1v) is 8.20. The molecule has 2 N–H and O–H groups in total. The highest BCUT2D eigenvalue weighted by atomic mass is 16.5. The minimum absolute atomic E-state index is 0.498. The number of anilines is 1. The molecule has 0 spiro atoms. The summed E-state index contributed by atoms with van der Waals surface area (Å²) < 4.78 is 5.32. The van der Waals surface area contributed by atoms with E-state index < -0.39 is 11.8 Å². The number of allylic oxidation sites excluding steroid dienone is 1. The molecule has 0 aromatic heterocycles. The smallest absolute Gasteiger partial charge is 0.329 e. The molecular weight excluding hydrogens is 330 g/mol. The highest BCUT2D eigenvalue weighted by Gasteiger charge is 2.12. The summed E-state index contributed by atoms with van der Waals surface area (Å²) in [6.45, 7) is 4.17. The molecule has 0 bridgehead atoms. The van der Waals surface area contributed by atoms with Gasteiger partial charge in [-0.1, -0.05) is 36.4 Å². The van der Waals surface area contributed by atoms with Crippen molar-refractivity contribution in [2.75, 3.05) is 11.9 Å². The number of hydrogen-bond acceptors (Lipinski definition) is 4. The number of amides is 2. The lowest BCUT2D eigenvalue weighted by Crippen LogP contribution is -2.32. The average molecular weight is 351 g/mol. The lowest BCUT2D eigenvalue weighted by atomic mass is 10.2. The van der Waals surface area contributed by atoms with Gasteiger partial charge in [-0.3, -0.25) is 9.59 Å². The molecule has 0 unspecified atom stereocenters. The second-order valence-electron chi connectivity index (χ2n) is 5.35. The first-order valence-electron chi connectivity index (χ1n) is 8.20. The Kier molecular flexibility index (Phi) is 7.12. The number of hydrogen-bond donors (Lipinski definition) is 2. The first kappa shape index (κ1) is 18.9. The van der Waals surface area contributed by atoms with Crippen molar-refractivity contribution in [3.63, 3.8) is 0 Å². The molecule has 0 aliphatic heterocycles. The summed E-state index contributed by atoms with van der Waals surface area (Å²) in [5.41, 5.74) is 4.31. The zero-order valence-electron chi connectivity index (χ0n) is 14.7. The second-order valence-corrected chi connectivity index (χ2v) is 5.35. The molecule has 0 atom stereocenters. The number of ether oxygens (including phenoxy) is 1. The van der Waals surface area contributed by atoms with Gasteiger partial charge in [0.25, 0.3) is 0 Å². The minimum Gasteiger partial charge on any atom is -0.494 e. The van der Waals surface area contributed by atoms with E-state index in [2.05, 4.69) is 15.8 Å². The van der Waals surface area contributed by atoms with E-state index in [0.29, 0.717) is 23.8 Å². The van der Waals surface area contributed by atoms with Crippen LogP contribution in [0.3, 0.4) is 0 Å². The van der Waals surface area contributed by atoms with E-state index in [1.54, 1.807) is 37.3 Å². The topological polar surface area (TPSA) is 79.8 Å². The fourth-order valence-electron chi connectivity index (χ4n) is 2.00. The number of hydrazone groups is 1. The van der Waals surface area contributed by atoms with Gasteiger partial charge in [-0.15, -0.1) is 0 Å². The third-order valence-corrected chi connectivity index (χ3v) is 3.28. The quantitative estimate of drug-likeness (QED) is 0.476. The molecular formula is C20H21N3O3. The van der Waals surface area contributed by atoms with E-state index in [0.717, 1.165) is 5.56 Å². The van der Waals surface area contributed by atoms with Crippen LogP contribution < -0.4 is 15.5 Å². The van der Waals surface area contributed by atoms with Gasteiger partial charge >= 0.3 is 11.8 Å². The molecule has 2 aromatic carbocycles. The Bertz CT molecular complexity index is 797. The number of benzene rings is 2. The molecule has 26 heavy (non-hydrogen) atoms. The molecule has 6 nitrogen and oxygen atoms in total. The summed E-state index contributed by atoms with van der Waals surface area (Å²) in [6, 6.07) is 16.4. The SMILES string of the molecule is CCOc1ccc(NC(=O)C(=O)N/N=C(C)\C=C\c2ccccc2)cc1. The van der Waals surface area contributed by atoms with Gasteiger partial charge in [0.2, 0.25) is 0 Å². The highest BCUT2D eigenvalue weighted by molar-refractivity contribution is 6.39. The van der Waals surface area contributed by atoms with Crippen molar-refractivity contribution in [1.82, 2.24) is 5.43 Å². The Hall–Kier alpha value is -3.41. The number of nitrogens with one attached hydrogen (secondary N) is 2. The van der Waals surface area contributed by atoms with E-state index >= 15 is 0 Å². The first-order chi connectivity index (χ1) is 12.6. The van der Waals surface area contributed by atoms with E-state index in [9.17, 15) is 9.59 Å². The van der Waals surface area contributed by atoms with Crippen LogP contribution in [0.2, 0.25) is 0 Å². The standard InChI is InChI=1S/C20H21N3O3/c1-3-26-18-13-11-17(12-14-18)21-19(24)20(25)23-22-15(2)9-10-16-7-5-4-6-8-16/h4-14H,3H2,1-2H3,(H,21,24)(H,23,25)/b10-9+,22-15-. The molecule has 0 heterocycles. The lowest BCUT2D eigenvalue weighted by Gasteiger charge is -2.06. The molecule has 0 saturated carbocycles. The number of carbonyl (C=O) groups excluding carboxylic acids is 2. The predicted molar refractivity (Wildman–Crippen MR) is 103 cm³/mol. The summed E-state index contributed by atoms with van der Waals surface area (Å²) in [5, 5.41) is 6.39. The minimum atomic E-state index is -0.841. The summed E-state index contributed by atoms with van der Waals surface area (Å²) in [7, 11) is 0. The van der Waals surface area contributed by atoms with Crippen molar-refractivity contribution >= 4 is 29.3 Å². The van der Waals surface area contributed by atoms with Crippen molar-refractivity contribution < 1.29 is 14.3 Å². The van der Waals surface area contributed by atoms with Gasteiger partial charge in [0.05, 0.1) is 12.3 Å². The van der Waals surface area contributed by atoms with Crippen LogP contribution in [0, 0.1) is 0 Å². The van der Waals surface area contributed by atoms with Crippen LogP contribution in [-0.2, 0) is 9.59 Å². The van der Waals surface area contributed by atoms with E-state index in [1.807, 2.05) is 43.3 Å². The Balaban J connectivity index is 1.86. The third-order valence-electron chi connectivity index (χ3n) is 3.28. The molecule has 0 radical (unpaired) electrons. The fourth-order valence-corrected chi connectivity index (χ4v) is 2.00. The molecule has 0 aliphatic carbocycles. The molecule has 0 saturated heterocycles. The lowest BCUT2D eigenvalue weighted by molar-refractivity contribution is -0.136. The van der Waals surface area contributed by atoms with Crippen LogP contribution in [-0.4, -0.2) is 24.1 Å². The van der Waals surface area contributed by atoms with Gasteiger partial charge in [-0.25, -0.2) is 5.43 Å². The Labute approximate surface area is 152 Å². The number of carbonyl (C=O) groups is 2. The van der Waals surface area contributed by atoms with Gasteiger partial charge in [0.1, 0.15) is 5.75 Å². The molecule has 2 aromatic rings. The Morgan fingerprint density at radius 1 is 1.04 bits per heavy atom. The second kappa shape index (κ2) is 9.78. The molecule has 134 valence electrons. The fraction of sp³-hybridized carbons (Fsp3) is 0.150. The van der Waals surface area contributed by atoms with Crippen LogP contribution in [0.4, 0.5) is 5.69 Å². The van der Waals surface area contributed by atoms with Crippen LogP contribution in [0.25, 0.3) is 6.08 Å². The molecule has 2 amide bonds. The molecule has 0 fully saturated rings. The number of nitrogens with zero attached hydrogens (tertiary/aromatic N) is 1. The van der Waals surface area contributed by atoms with Gasteiger partial charge in [-0.05, 0) is 49.8 Å². The van der Waals surface area contributed by atoms with E-state index in [-0.39, 0.29) is 0 Å². The monoisotopic (exact) mass is 351 g/mol.